The Morgan fingerprint density at radius 3 is 2.17 bits per heavy atom. The van der Waals surface area contributed by atoms with E-state index in [9.17, 15) is 17.6 Å². The van der Waals surface area contributed by atoms with Crippen LogP contribution < -0.4 is 0 Å². The standard InChI is InChI=1S/C20H20F4/c1-2-12-3-5-13(6-4-12)15-8-9-16(20(24)19(15)23)14-7-10-17(21)18(22)11-14/h7-13H,2-6H2,1H3. The fourth-order valence-electron chi connectivity index (χ4n) is 3.65. The van der Waals surface area contributed by atoms with Crippen LogP contribution >= 0.6 is 0 Å². The lowest BCUT2D eigenvalue weighted by Crippen LogP contribution is -2.14. The van der Waals surface area contributed by atoms with E-state index in [1.807, 2.05) is 0 Å². The molecular weight excluding hydrogens is 316 g/mol. The van der Waals surface area contributed by atoms with Crippen molar-refractivity contribution >= 4 is 0 Å². The minimum atomic E-state index is -1.07. The summed E-state index contributed by atoms with van der Waals surface area (Å²) >= 11 is 0. The summed E-state index contributed by atoms with van der Waals surface area (Å²) in [4.78, 5) is 0. The van der Waals surface area contributed by atoms with Gasteiger partial charge in [-0.3, -0.25) is 0 Å². The van der Waals surface area contributed by atoms with Gasteiger partial charge < -0.3 is 0 Å². The van der Waals surface area contributed by atoms with Crippen molar-refractivity contribution in [3.63, 3.8) is 0 Å². The van der Waals surface area contributed by atoms with E-state index in [0.29, 0.717) is 11.5 Å². The third kappa shape index (κ3) is 3.19. The van der Waals surface area contributed by atoms with E-state index in [4.69, 9.17) is 0 Å². The average molecular weight is 336 g/mol. The first kappa shape index (κ1) is 17.0. The van der Waals surface area contributed by atoms with E-state index in [1.165, 1.54) is 12.1 Å². The van der Waals surface area contributed by atoms with Crippen molar-refractivity contribution in [2.45, 2.75) is 44.9 Å². The zero-order valence-corrected chi connectivity index (χ0v) is 13.6. The molecule has 0 radical (unpaired) electrons. The summed E-state index contributed by atoms with van der Waals surface area (Å²) in [5, 5.41) is 0. The minimum absolute atomic E-state index is 0.0290. The van der Waals surface area contributed by atoms with Crippen molar-refractivity contribution in [3.8, 4) is 11.1 Å². The summed E-state index contributed by atoms with van der Waals surface area (Å²) in [7, 11) is 0. The maximum absolute atomic E-state index is 14.5. The molecule has 0 aliphatic heterocycles. The van der Waals surface area contributed by atoms with E-state index in [1.54, 1.807) is 6.07 Å². The van der Waals surface area contributed by atoms with Crippen LogP contribution in [-0.4, -0.2) is 0 Å². The lowest BCUT2D eigenvalue weighted by molar-refractivity contribution is 0.312. The average Bonchev–Trinajstić information content (AvgIpc) is 2.60. The molecule has 0 aromatic heterocycles. The van der Waals surface area contributed by atoms with E-state index in [-0.39, 0.29) is 17.0 Å². The van der Waals surface area contributed by atoms with Crippen molar-refractivity contribution < 1.29 is 17.6 Å². The predicted octanol–water partition coefficient (Wildman–Crippen LogP) is 6.59. The topological polar surface area (TPSA) is 0 Å². The molecule has 0 atom stereocenters. The van der Waals surface area contributed by atoms with Crippen molar-refractivity contribution in [2.24, 2.45) is 5.92 Å². The molecule has 0 N–H and O–H groups in total. The molecule has 0 unspecified atom stereocenters. The molecule has 0 spiro atoms. The van der Waals surface area contributed by atoms with Crippen molar-refractivity contribution in [1.82, 2.24) is 0 Å². The monoisotopic (exact) mass is 336 g/mol. The van der Waals surface area contributed by atoms with Crippen LogP contribution in [0, 0.1) is 29.2 Å². The summed E-state index contributed by atoms with van der Waals surface area (Å²) in [5.74, 6) is -3.23. The van der Waals surface area contributed by atoms with Gasteiger partial charge in [-0.05, 0) is 60.8 Å². The molecule has 0 nitrogen and oxygen atoms in total. The third-order valence-electron chi connectivity index (χ3n) is 5.21. The quantitative estimate of drug-likeness (QED) is 0.554. The van der Waals surface area contributed by atoms with E-state index >= 15 is 0 Å². The molecule has 1 fully saturated rings. The molecule has 3 rings (SSSR count). The molecule has 0 heterocycles. The number of hydrogen-bond acceptors (Lipinski definition) is 0. The fourth-order valence-corrected chi connectivity index (χ4v) is 3.65. The fraction of sp³-hybridized carbons (Fsp3) is 0.400. The molecule has 4 heteroatoms. The number of hydrogen-bond donors (Lipinski definition) is 0. The van der Waals surface area contributed by atoms with Crippen LogP contribution in [0.4, 0.5) is 17.6 Å². The highest BCUT2D eigenvalue weighted by Gasteiger charge is 2.26. The van der Waals surface area contributed by atoms with Crippen LogP contribution in [0.1, 0.15) is 50.5 Å². The van der Waals surface area contributed by atoms with E-state index < -0.39 is 23.3 Å². The van der Waals surface area contributed by atoms with Gasteiger partial charge in [-0.25, -0.2) is 17.6 Å². The lowest BCUT2D eigenvalue weighted by atomic mass is 9.77. The van der Waals surface area contributed by atoms with Crippen LogP contribution in [0.5, 0.6) is 0 Å². The van der Waals surface area contributed by atoms with Crippen molar-refractivity contribution in [1.29, 1.82) is 0 Å². The molecule has 0 bridgehead atoms. The van der Waals surface area contributed by atoms with Crippen molar-refractivity contribution in [3.05, 3.63) is 59.2 Å². The molecule has 1 aliphatic carbocycles. The first-order valence-electron chi connectivity index (χ1n) is 8.44. The van der Waals surface area contributed by atoms with Gasteiger partial charge in [0, 0.05) is 5.56 Å². The first-order chi connectivity index (χ1) is 11.5. The molecule has 1 saturated carbocycles. The zero-order valence-electron chi connectivity index (χ0n) is 13.6. The predicted molar refractivity (Wildman–Crippen MR) is 86.7 cm³/mol. The third-order valence-corrected chi connectivity index (χ3v) is 5.21. The molecule has 0 saturated heterocycles. The van der Waals surface area contributed by atoms with Gasteiger partial charge in [-0.15, -0.1) is 0 Å². The SMILES string of the molecule is CCC1CCC(c2ccc(-c3ccc(F)c(F)c3)c(F)c2F)CC1. The highest BCUT2D eigenvalue weighted by Crippen LogP contribution is 2.39. The zero-order chi connectivity index (χ0) is 17.3. The molecule has 2 aromatic rings. The van der Waals surface area contributed by atoms with E-state index in [2.05, 4.69) is 6.92 Å². The second kappa shape index (κ2) is 6.96. The maximum atomic E-state index is 14.5. The number of halogens is 4. The van der Waals surface area contributed by atoms with Crippen molar-refractivity contribution in [2.75, 3.05) is 0 Å². The van der Waals surface area contributed by atoms with Crippen LogP contribution in [0.3, 0.4) is 0 Å². The molecule has 128 valence electrons. The van der Waals surface area contributed by atoms with Gasteiger partial charge in [0.1, 0.15) is 0 Å². The lowest BCUT2D eigenvalue weighted by Gasteiger charge is -2.28. The van der Waals surface area contributed by atoms with Gasteiger partial charge >= 0.3 is 0 Å². The maximum Gasteiger partial charge on any atom is 0.166 e. The smallest absolute Gasteiger partial charge is 0.166 e. The normalized spacial score (nSPS) is 21.0. The Bertz CT molecular complexity index is 731. The van der Waals surface area contributed by atoms with E-state index in [0.717, 1.165) is 44.2 Å². The molecule has 2 aromatic carbocycles. The Morgan fingerprint density at radius 2 is 1.54 bits per heavy atom. The summed E-state index contributed by atoms with van der Waals surface area (Å²) in [6.45, 7) is 2.15. The Balaban J connectivity index is 1.90. The number of benzene rings is 2. The largest absolute Gasteiger partial charge is 0.204 e. The second-order valence-electron chi connectivity index (χ2n) is 6.59. The van der Waals surface area contributed by atoms with Crippen LogP contribution in [0.25, 0.3) is 11.1 Å². The summed E-state index contributed by atoms with van der Waals surface area (Å²) in [6, 6.07) is 6.11. The Kier molecular flexibility index (Phi) is 4.93. The van der Waals surface area contributed by atoms with Crippen LogP contribution in [0.2, 0.25) is 0 Å². The summed E-state index contributed by atoms with van der Waals surface area (Å²) < 4.78 is 55.4. The molecule has 0 amide bonds. The summed E-state index contributed by atoms with van der Waals surface area (Å²) in [6.07, 6.45) is 4.91. The Labute approximate surface area is 139 Å². The van der Waals surface area contributed by atoms with Gasteiger partial charge in [-0.2, -0.15) is 0 Å². The highest BCUT2D eigenvalue weighted by molar-refractivity contribution is 5.65. The van der Waals surface area contributed by atoms with Gasteiger partial charge in [-0.1, -0.05) is 31.5 Å². The van der Waals surface area contributed by atoms with Crippen LogP contribution in [-0.2, 0) is 0 Å². The highest BCUT2D eigenvalue weighted by atomic mass is 19.2. The molecular formula is C20H20F4. The van der Waals surface area contributed by atoms with Gasteiger partial charge in [0.15, 0.2) is 23.3 Å². The second-order valence-corrected chi connectivity index (χ2v) is 6.59. The van der Waals surface area contributed by atoms with Gasteiger partial charge in [0.2, 0.25) is 0 Å². The minimum Gasteiger partial charge on any atom is -0.204 e. The first-order valence-corrected chi connectivity index (χ1v) is 8.44. The van der Waals surface area contributed by atoms with Gasteiger partial charge in [0.25, 0.3) is 0 Å². The Morgan fingerprint density at radius 1 is 0.833 bits per heavy atom. The summed E-state index contributed by atoms with van der Waals surface area (Å²) in [5.41, 5.74) is 0.484. The molecule has 24 heavy (non-hydrogen) atoms. The van der Waals surface area contributed by atoms with Crippen LogP contribution in [0.15, 0.2) is 30.3 Å². The Hall–Kier alpha value is -1.84. The molecule has 1 aliphatic rings. The number of rotatable bonds is 3. The van der Waals surface area contributed by atoms with Gasteiger partial charge in [0.05, 0.1) is 0 Å².